The average molecular weight is 340 g/mol. The lowest BCUT2D eigenvalue weighted by Crippen LogP contribution is -2.42. The number of amides is 2. The molecule has 0 fully saturated rings. The fraction of sp³-hybridized carbons (Fsp3) is 0.0588. The molecule has 25 heavy (non-hydrogen) atoms. The van der Waals surface area contributed by atoms with E-state index in [2.05, 4.69) is 21.0 Å². The zero-order valence-electron chi connectivity index (χ0n) is 13.1. The van der Waals surface area contributed by atoms with Crippen LogP contribution in [0.15, 0.2) is 53.2 Å². The molecule has 0 saturated carbocycles. The lowest BCUT2D eigenvalue weighted by Gasteiger charge is -2.07. The molecule has 0 aliphatic heterocycles. The molecule has 0 spiro atoms. The normalized spacial score (nSPS) is 10.3. The third kappa shape index (κ3) is 3.52. The number of carbonyl (C=O) groups is 2. The maximum absolute atomic E-state index is 13.1. The molecule has 2 N–H and O–H groups in total. The summed E-state index contributed by atoms with van der Waals surface area (Å²) in [6.07, 6.45) is 1.47. The van der Waals surface area contributed by atoms with Gasteiger partial charge in [0.05, 0.1) is 0 Å². The molecule has 0 atom stereocenters. The predicted octanol–water partition coefficient (Wildman–Crippen LogP) is 2.26. The molecule has 0 aliphatic carbocycles. The van der Waals surface area contributed by atoms with Crippen molar-refractivity contribution in [2.45, 2.75) is 6.92 Å². The third-order valence-electron chi connectivity index (χ3n) is 3.39. The highest BCUT2D eigenvalue weighted by molar-refractivity contribution is 6.02. The summed E-state index contributed by atoms with van der Waals surface area (Å²) in [5.74, 6) is -1.31. The van der Waals surface area contributed by atoms with Gasteiger partial charge in [0.1, 0.15) is 28.5 Å². The minimum Gasteiger partial charge on any atom is -0.360 e. The Hall–Kier alpha value is -3.55. The van der Waals surface area contributed by atoms with Crippen molar-refractivity contribution in [3.8, 4) is 11.3 Å². The molecule has 3 aromatic rings. The molecule has 7 nitrogen and oxygen atoms in total. The van der Waals surface area contributed by atoms with Gasteiger partial charge in [0, 0.05) is 11.8 Å². The average Bonchev–Trinajstić information content (AvgIpc) is 3.02. The second kappa shape index (κ2) is 6.91. The molecule has 3 rings (SSSR count). The molecule has 8 heteroatoms. The van der Waals surface area contributed by atoms with E-state index in [-0.39, 0.29) is 22.7 Å². The van der Waals surface area contributed by atoms with Gasteiger partial charge in [-0.2, -0.15) is 0 Å². The van der Waals surface area contributed by atoms with Crippen LogP contribution >= 0.6 is 0 Å². The topological polar surface area (TPSA) is 97.1 Å². The maximum Gasteiger partial charge on any atom is 0.288 e. The van der Waals surface area contributed by atoms with Gasteiger partial charge in [-0.05, 0) is 43.3 Å². The van der Waals surface area contributed by atoms with Crippen LogP contribution in [0.4, 0.5) is 4.39 Å². The number of aromatic nitrogens is 2. The Morgan fingerprint density at radius 2 is 1.76 bits per heavy atom. The van der Waals surface area contributed by atoms with Gasteiger partial charge in [-0.3, -0.25) is 25.4 Å². The fourth-order valence-electron chi connectivity index (χ4n) is 2.18. The molecule has 0 aliphatic rings. The van der Waals surface area contributed by atoms with E-state index in [1.165, 1.54) is 36.5 Å². The minimum absolute atomic E-state index is 0.146. The monoisotopic (exact) mass is 340 g/mol. The Labute approximate surface area is 141 Å². The van der Waals surface area contributed by atoms with Crippen molar-refractivity contribution in [2.75, 3.05) is 0 Å². The van der Waals surface area contributed by atoms with Gasteiger partial charge in [-0.15, -0.1) is 0 Å². The zero-order chi connectivity index (χ0) is 17.8. The number of pyridine rings is 1. The molecule has 2 aromatic heterocycles. The van der Waals surface area contributed by atoms with Crippen molar-refractivity contribution in [1.29, 1.82) is 0 Å². The van der Waals surface area contributed by atoms with Crippen molar-refractivity contribution in [3.63, 3.8) is 0 Å². The van der Waals surface area contributed by atoms with E-state index in [1.807, 2.05) is 0 Å². The maximum atomic E-state index is 13.1. The summed E-state index contributed by atoms with van der Waals surface area (Å²) in [7, 11) is 0. The van der Waals surface area contributed by atoms with Gasteiger partial charge in [0.25, 0.3) is 11.8 Å². The van der Waals surface area contributed by atoms with Crippen LogP contribution in [0.25, 0.3) is 11.3 Å². The molecule has 0 unspecified atom stereocenters. The Balaban J connectivity index is 1.77. The number of nitrogens with one attached hydrogen (secondary N) is 2. The van der Waals surface area contributed by atoms with Crippen molar-refractivity contribution in [3.05, 3.63) is 71.5 Å². The van der Waals surface area contributed by atoms with Gasteiger partial charge in [0.15, 0.2) is 0 Å². The molecule has 1 aromatic carbocycles. The fourth-order valence-corrected chi connectivity index (χ4v) is 2.18. The third-order valence-corrected chi connectivity index (χ3v) is 3.39. The molecule has 126 valence electrons. The first kappa shape index (κ1) is 16.3. The molecular weight excluding hydrogens is 327 g/mol. The highest BCUT2D eigenvalue weighted by Gasteiger charge is 2.22. The number of aryl methyl sites for hydroxylation is 1. The van der Waals surface area contributed by atoms with Gasteiger partial charge in [-0.25, -0.2) is 4.39 Å². The molecule has 0 bridgehead atoms. The second-order valence-corrected chi connectivity index (χ2v) is 5.09. The van der Waals surface area contributed by atoms with Crippen LogP contribution in [0.3, 0.4) is 0 Å². The number of halogens is 1. The number of hydrogen-bond acceptors (Lipinski definition) is 5. The van der Waals surface area contributed by atoms with Crippen molar-refractivity contribution in [2.24, 2.45) is 0 Å². The standard InChI is InChI=1S/C17H13FN4O3/c1-10-14(15(22-25-10)11-5-7-12(18)8-6-11)17(24)21-20-16(23)13-4-2-3-9-19-13/h2-9H,1H3,(H,20,23)(H,21,24). The summed E-state index contributed by atoms with van der Waals surface area (Å²) in [4.78, 5) is 28.2. The van der Waals surface area contributed by atoms with Crippen LogP contribution in [0.5, 0.6) is 0 Å². The molecular formula is C17H13FN4O3. The van der Waals surface area contributed by atoms with Crippen LogP contribution in [-0.2, 0) is 0 Å². The number of hydrogen-bond donors (Lipinski definition) is 2. The van der Waals surface area contributed by atoms with E-state index in [0.29, 0.717) is 5.56 Å². The number of carbonyl (C=O) groups excluding carboxylic acids is 2. The lowest BCUT2D eigenvalue weighted by molar-refractivity contribution is 0.0843. The lowest BCUT2D eigenvalue weighted by atomic mass is 10.1. The van der Waals surface area contributed by atoms with Gasteiger partial charge in [-0.1, -0.05) is 11.2 Å². The number of hydrazine groups is 1. The van der Waals surface area contributed by atoms with Gasteiger partial charge in [0.2, 0.25) is 0 Å². The Morgan fingerprint density at radius 3 is 2.44 bits per heavy atom. The molecule has 0 radical (unpaired) electrons. The van der Waals surface area contributed by atoms with E-state index >= 15 is 0 Å². The van der Waals surface area contributed by atoms with E-state index in [0.717, 1.165) is 0 Å². The number of nitrogens with zero attached hydrogens (tertiary/aromatic N) is 2. The summed E-state index contributed by atoms with van der Waals surface area (Å²) >= 11 is 0. The summed E-state index contributed by atoms with van der Waals surface area (Å²) in [6, 6.07) is 10.3. The Morgan fingerprint density at radius 1 is 1.04 bits per heavy atom. The van der Waals surface area contributed by atoms with E-state index < -0.39 is 17.6 Å². The van der Waals surface area contributed by atoms with Crippen molar-refractivity contribution < 1.29 is 18.5 Å². The van der Waals surface area contributed by atoms with Crippen LogP contribution in [0, 0.1) is 12.7 Å². The summed E-state index contributed by atoms with van der Waals surface area (Å²) in [5, 5.41) is 3.84. The van der Waals surface area contributed by atoms with Crippen LogP contribution in [0.1, 0.15) is 26.6 Å². The highest BCUT2D eigenvalue weighted by Crippen LogP contribution is 2.25. The van der Waals surface area contributed by atoms with E-state index in [4.69, 9.17) is 4.52 Å². The first-order valence-electron chi connectivity index (χ1n) is 7.30. The van der Waals surface area contributed by atoms with Gasteiger partial charge < -0.3 is 4.52 Å². The quantitative estimate of drug-likeness (QED) is 0.713. The molecule has 2 amide bonds. The number of benzene rings is 1. The smallest absolute Gasteiger partial charge is 0.288 e. The predicted molar refractivity (Wildman–Crippen MR) is 85.8 cm³/mol. The summed E-state index contributed by atoms with van der Waals surface area (Å²) in [5.41, 5.74) is 5.63. The van der Waals surface area contributed by atoms with Crippen LogP contribution < -0.4 is 10.9 Å². The van der Waals surface area contributed by atoms with Crippen molar-refractivity contribution in [1.82, 2.24) is 21.0 Å². The largest absolute Gasteiger partial charge is 0.360 e. The van der Waals surface area contributed by atoms with Crippen molar-refractivity contribution >= 4 is 11.8 Å². The summed E-state index contributed by atoms with van der Waals surface area (Å²) in [6.45, 7) is 1.56. The SMILES string of the molecule is Cc1onc(-c2ccc(F)cc2)c1C(=O)NNC(=O)c1ccccn1. The molecule has 0 saturated heterocycles. The Kier molecular flexibility index (Phi) is 4.51. The highest BCUT2D eigenvalue weighted by atomic mass is 19.1. The Bertz CT molecular complexity index is 907. The van der Waals surface area contributed by atoms with E-state index in [9.17, 15) is 14.0 Å². The first-order valence-corrected chi connectivity index (χ1v) is 7.30. The zero-order valence-corrected chi connectivity index (χ0v) is 13.1. The number of rotatable bonds is 3. The minimum atomic E-state index is -0.609. The second-order valence-electron chi connectivity index (χ2n) is 5.09. The van der Waals surface area contributed by atoms with E-state index in [1.54, 1.807) is 19.1 Å². The summed E-state index contributed by atoms with van der Waals surface area (Å²) < 4.78 is 18.1. The van der Waals surface area contributed by atoms with Gasteiger partial charge >= 0.3 is 0 Å². The first-order chi connectivity index (χ1) is 12.1. The van der Waals surface area contributed by atoms with Crippen LogP contribution in [-0.4, -0.2) is 22.0 Å². The molecule has 2 heterocycles. The van der Waals surface area contributed by atoms with Crippen LogP contribution in [0.2, 0.25) is 0 Å².